The second-order valence-corrected chi connectivity index (χ2v) is 11.8. The van der Waals surface area contributed by atoms with Crippen LogP contribution in [0.3, 0.4) is 0 Å². The van der Waals surface area contributed by atoms with Crippen LogP contribution in [0.25, 0.3) is 0 Å². The van der Waals surface area contributed by atoms with E-state index in [1.165, 1.54) is 0 Å². The Balaban J connectivity index is 1.77. The molecule has 1 aliphatic heterocycles. The number of benzene rings is 2. The van der Waals surface area contributed by atoms with Crippen molar-refractivity contribution in [2.75, 3.05) is 39.4 Å². The second kappa shape index (κ2) is 13.0. The SMILES string of the molecule is CCSCCOC(=O)C1C(C)=NC2=C(C(=O)C[C@H](c3ccc(OC)c(OC)c3)C2)[C@@H]1c1cc(Br)ccc1OC. The summed E-state index contributed by atoms with van der Waals surface area (Å²) in [4.78, 5) is 32.3. The maximum Gasteiger partial charge on any atom is 0.315 e. The van der Waals surface area contributed by atoms with E-state index >= 15 is 0 Å². The summed E-state index contributed by atoms with van der Waals surface area (Å²) in [6, 6.07) is 11.4. The average Bonchev–Trinajstić information content (AvgIpc) is 2.93. The normalized spacial score (nSPS) is 20.7. The molecule has 0 radical (unpaired) electrons. The van der Waals surface area contributed by atoms with Gasteiger partial charge >= 0.3 is 5.97 Å². The fraction of sp³-hybridized carbons (Fsp3) is 0.433. The van der Waals surface area contributed by atoms with Crippen LogP contribution in [0.5, 0.6) is 17.2 Å². The van der Waals surface area contributed by atoms with Crippen molar-refractivity contribution in [2.45, 2.75) is 38.5 Å². The van der Waals surface area contributed by atoms with E-state index in [1.54, 1.807) is 33.1 Å². The Kier molecular flexibility index (Phi) is 9.77. The minimum atomic E-state index is -0.722. The molecular formula is C30H34BrNO6S. The fourth-order valence-corrected chi connectivity index (χ4v) is 6.30. The summed E-state index contributed by atoms with van der Waals surface area (Å²) in [5, 5.41) is 0. The Morgan fingerprint density at radius 2 is 1.74 bits per heavy atom. The zero-order valence-electron chi connectivity index (χ0n) is 22.9. The van der Waals surface area contributed by atoms with Gasteiger partial charge in [0.05, 0.1) is 21.3 Å². The van der Waals surface area contributed by atoms with Crippen LogP contribution in [0.2, 0.25) is 0 Å². The van der Waals surface area contributed by atoms with Gasteiger partial charge in [-0.3, -0.25) is 14.6 Å². The van der Waals surface area contributed by atoms with Crippen molar-refractivity contribution in [2.24, 2.45) is 10.9 Å². The molecule has 0 fully saturated rings. The quantitative estimate of drug-likeness (QED) is 0.227. The highest BCUT2D eigenvalue weighted by atomic mass is 79.9. The molecule has 39 heavy (non-hydrogen) atoms. The molecule has 7 nitrogen and oxygen atoms in total. The standard InChI is InChI=1S/C30H34BrNO6S/c1-6-39-12-11-38-30(34)27-17(2)32-22-13-19(18-7-9-25(36-4)26(15-18)37-5)14-23(33)29(22)28(27)21-16-20(31)8-10-24(21)35-3/h7-10,15-16,19,27-28H,6,11-14H2,1-5H3/t19-,27?,28-/m1/s1. The molecule has 1 aliphatic carbocycles. The van der Waals surface area contributed by atoms with E-state index in [-0.39, 0.29) is 17.7 Å². The summed E-state index contributed by atoms with van der Waals surface area (Å²) in [7, 11) is 4.79. The Bertz CT molecular complexity index is 1310. The zero-order chi connectivity index (χ0) is 28.1. The predicted octanol–water partition coefficient (Wildman–Crippen LogP) is 6.35. The number of esters is 1. The topological polar surface area (TPSA) is 83.4 Å². The van der Waals surface area contributed by atoms with Gasteiger partial charge in [0, 0.05) is 45.1 Å². The maximum absolute atomic E-state index is 13.9. The van der Waals surface area contributed by atoms with Gasteiger partial charge in [0.15, 0.2) is 17.3 Å². The summed E-state index contributed by atoms with van der Waals surface area (Å²) in [5.41, 5.74) is 3.65. The third-order valence-corrected chi connectivity index (χ3v) is 8.58. The van der Waals surface area contributed by atoms with Gasteiger partial charge in [-0.1, -0.05) is 28.9 Å². The lowest BCUT2D eigenvalue weighted by Crippen LogP contribution is -2.38. The van der Waals surface area contributed by atoms with E-state index < -0.39 is 11.8 Å². The number of carbonyl (C=O) groups excluding carboxylic acids is 2. The lowest BCUT2D eigenvalue weighted by molar-refractivity contribution is -0.145. The van der Waals surface area contributed by atoms with Gasteiger partial charge in [-0.05, 0) is 60.9 Å². The largest absolute Gasteiger partial charge is 0.496 e. The molecule has 9 heteroatoms. The van der Waals surface area contributed by atoms with Gasteiger partial charge in [-0.2, -0.15) is 11.8 Å². The minimum absolute atomic E-state index is 0.0290. The number of thioether (sulfide) groups is 1. The third kappa shape index (κ3) is 6.19. The Labute approximate surface area is 242 Å². The van der Waals surface area contributed by atoms with Gasteiger partial charge in [-0.25, -0.2) is 0 Å². The van der Waals surface area contributed by atoms with Gasteiger partial charge in [0.1, 0.15) is 18.3 Å². The first-order chi connectivity index (χ1) is 18.8. The number of nitrogens with zero attached hydrogens (tertiary/aromatic N) is 1. The van der Waals surface area contributed by atoms with E-state index in [2.05, 4.69) is 22.9 Å². The minimum Gasteiger partial charge on any atom is -0.496 e. The number of ketones is 1. The number of halogens is 1. The molecule has 0 amide bonds. The Morgan fingerprint density at radius 3 is 2.44 bits per heavy atom. The van der Waals surface area contributed by atoms with Crippen LogP contribution in [-0.2, 0) is 14.3 Å². The van der Waals surface area contributed by atoms with E-state index in [1.807, 2.05) is 43.3 Å². The summed E-state index contributed by atoms with van der Waals surface area (Å²) in [6.45, 7) is 4.22. The Morgan fingerprint density at radius 1 is 1.03 bits per heavy atom. The van der Waals surface area contributed by atoms with Crippen LogP contribution < -0.4 is 14.2 Å². The molecule has 0 N–H and O–H groups in total. The lowest BCUT2D eigenvalue weighted by Gasteiger charge is -2.37. The summed E-state index contributed by atoms with van der Waals surface area (Å²) in [5.74, 6) is 1.77. The number of carbonyl (C=O) groups is 2. The van der Waals surface area contributed by atoms with Gasteiger partial charge in [0.25, 0.3) is 0 Å². The summed E-state index contributed by atoms with van der Waals surface area (Å²) in [6.07, 6.45) is 0.861. The first-order valence-corrected chi connectivity index (χ1v) is 14.9. The van der Waals surface area contributed by atoms with Gasteiger partial charge < -0.3 is 18.9 Å². The first kappa shape index (κ1) is 29.2. The van der Waals surface area contributed by atoms with Crippen molar-refractivity contribution in [3.8, 4) is 17.2 Å². The third-order valence-electron chi connectivity index (χ3n) is 7.22. The van der Waals surface area contributed by atoms with Gasteiger partial charge in [0.2, 0.25) is 0 Å². The van der Waals surface area contributed by atoms with E-state index in [0.29, 0.717) is 53.7 Å². The van der Waals surface area contributed by atoms with E-state index in [0.717, 1.165) is 27.1 Å². The molecule has 0 spiro atoms. The van der Waals surface area contributed by atoms with Gasteiger partial charge in [-0.15, -0.1) is 0 Å². The van der Waals surface area contributed by atoms with Crippen molar-refractivity contribution in [1.82, 2.24) is 0 Å². The molecule has 2 aliphatic rings. The molecule has 2 aromatic rings. The highest BCUT2D eigenvalue weighted by Gasteiger charge is 2.46. The lowest BCUT2D eigenvalue weighted by atomic mass is 9.69. The van der Waals surface area contributed by atoms with Crippen LogP contribution in [0.1, 0.15) is 49.7 Å². The summed E-state index contributed by atoms with van der Waals surface area (Å²) < 4.78 is 23.1. The smallest absolute Gasteiger partial charge is 0.315 e. The second-order valence-electron chi connectivity index (χ2n) is 9.46. The molecule has 0 saturated heterocycles. The number of aliphatic imine (C=N–C) groups is 1. The van der Waals surface area contributed by atoms with Crippen molar-refractivity contribution in [3.05, 3.63) is 63.3 Å². The molecular weight excluding hydrogens is 582 g/mol. The highest BCUT2D eigenvalue weighted by molar-refractivity contribution is 9.10. The number of methoxy groups -OCH3 is 3. The summed E-state index contributed by atoms with van der Waals surface area (Å²) >= 11 is 5.27. The van der Waals surface area contributed by atoms with Crippen LogP contribution in [-0.4, -0.2) is 56.9 Å². The number of ether oxygens (including phenoxy) is 4. The van der Waals surface area contributed by atoms with E-state index in [9.17, 15) is 9.59 Å². The number of Topliss-reactive ketones (excluding diaryl/α,β-unsaturated/α-hetero) is 1. The van der Waals surface area contributed by atoms with Crippen LogP contribution >= 0.6 is 27.7 Å². The number of allylic oxidation sites excluding steroid dienone is 2. The predicted molar refractivity (Wildman–Crippen MR) is 158 cm³/mol. The van der Waals surface area contributed by atoms with Crippen molar-refractivity contribution >= 4 is 45.2 Å². The molecule has 3 atom stereocenters. The molecule has 0 aromatic heterocycles. The van der Waals surface area contributed by atoms with Crippen molar-refractivity contribution < 1.29 is 28.5 Å². The molecule has 0 saturated carbocycles. The fourth-order valence-electron chi connectivity index (χ4n) is 5.43. The van der Waals surface area contributed by atoms with Crippen LogP contribution in [0, 0.1) is 5.92 Å². The number of hydrogen-bond donors (Lipinski definition) is 0. The molecule has 4 rings (SSSR count). The number of hydrogen-bond acceptors (Lipinski definition) is 8. The molecule has 208 valence electrons. The molecule has 1 heterocycles. The van der Waals surface area contributed by atoms with Crippen LogP contribution in [0.15, 0.2) is 57.1 Å². The highest BCUT2D eigenvalue weighted by Crippen LogP contribution is 2.49. The zero-order valence-corrected chi connectivity index (χ0v) is 25.3. The first-order valence-electron chi connectivity index (χ1n) is 12.9. The maximum atomic E-state index is 13.9. The van der Waals surface area contributed by atoms with Crippen LogP contribution in [0.4, 0.5) is 0 Å². The average molecular weight is 617 g/mol. The van der Waals surface area contributed by atoms with E-state index in [4.69, 9.17) is 23.9 Å². The van der Waals surface area contributed by atoms with Crippen molar-refractivity contribution in [1.29, 1.82) is 0 Å². The van der Waals surface area contributed by atoms with Crippen molar-refractivity contribution in [3.63, 3.8) is 0 Å². The molecule has 2 aromatic carbocycles. The molecule has 1 unspecified atom stereocenters. The number of rotatable bonds is 10. The Hall–Kier alpha value is -2.78. The monoisotopic (exact) mass is 615 g/mol. The molecule has 0 bridgehead atoms.